The Kier molecular flexibility index (Phi) is 7.36. The number of piperidine rings is 2. The summed E-state index contributed by atoms with van der Waals surface area (Å²) in [4.78, 5) is 53.5. The number of halogens is 1. The number of hydrogen-bond donors (Lipinski definition) is 1. The molecule has 8 nitrogen and oxygen atoms in total. The van der Waals surface area contributed by atoms with E-state index >= 15 is 0 Å². The van der Waals surface area contributed by atoms with Crippen LogP contribution in [0.3, 0.4) is 0 Å². The van der Waals surface area contributed by atoms with Crippen molar-refractivity contribution in [1.82, 2.24) is 15.1 Å². The lowest BCUT2D eigenvalue weighted by Gasteiger charge is -2.32. The van der Waals surface area contributed by atoms with Crippen LogP contribution in [0.15, 0.2) is 66.7 Å². The van der Waals surface area contributed by atoms with E-state index in [0.29, 0.717) is 5.92 Å². The first kappa shape index (κ1) is 26.8. The molecule has 2 fully saturated rings. The molecule has 2 saturated heterocycles. The second-order valence-electron chi connectivity index (χ2n) is 10.8. The fourth-order valence-corrected chi connectivity index (χ4v) is 5.92. The molecule has 0 saturated carbocycles. The van der Waals surface area contributed by atoms with Crippen molar-refractivity contribution in [2.75, 3.05) is 13.1 Å². The summed E-state index contributed by atoms with van der Waals surface area (Å²) in [5, 5.41) is 2.21. The summed E-state index contributed by atoms with van der Waals surface area (Å²) < 4.78 is 19.2. The van der Waals surface area contributed by atoms with Gasteiger partial charge in [-0.05, 0) is 79.2 Å². The van der Waals surface area contributed by atoms with Crippen LogP contribution < -0.4 is 10.1 Å². The van der Waals surface area contributed by atoms with Gasteiger partial charge in [-0.15, -0.1) is 0 Å². The van der Waals surface area contributed by atoms with Crippen molar-refractivity contribution in [2.45, 2.75) is 50.8 Å². The second kappa shape index (κ2) is 11.2. The van der Waals surface area contributed by atoms with Crippen molar-refractivity contribution < 1.29 is 28.3 Å². The van der Waals surface area contributed by atoms with E-state index in [2.05, 4.69) is 22.3 Å². The van der Waals surface area contributed by atoms with Gasteiger partial charge in [-0.3, -0.25) is 34.3 Å². The minimum absolute atomic E-state index is 0.0669. The van der Waals surface area contributed by atoms with Crippen LogP contribution in [0.4, 0.5) is 4.39 Å². The van der Waals surface area contributed by atoms with Crippen LogP contribution >= 0.6 is 0 Å². The van der Waals surface area contributed by atoms with Crippen LogP contribution in [0.25, 0.3) is 0 Å². The van der Waals surface area contributed by atoms with Gasteiger partial charge in [-0.1, -0.05) is 42.5 Å². The van der Waals surface area contributed by atoms with Gasteiger partial charge >= 0.3 is 0 Å². The third-order valence-electron chi connectivity index (χ3n) is 8.18. The number of rotatable bonds is 7. The fourth-order valence-electron chi connectivity index (χ4n) is 5.92. The molecule has 3 aliphatic rings. The second-order valence-corrected chi connectivity index (χ2v) is 10.8. The van der Waals surface area contributed by atoms with Crippen LogP contribution in [-0.2, 0) is 22.7 Å². The number of nitrogens with zero attached hydrogens (tertiary/aromatic N) is 2. The maximum Gasteiger partial charge on any atom is 0.266 e. The molecule has 9 heteroatoms. The Morgan fingerprint density at radius 1 is 0.829 bits per heavy atom. The Bertz CT molecular complexity index is 1500. The average Bonchev–Trinajstić information content (AvgIpc) is 3.23. The average molecular weight is 556 g/mol. The van der Waals surface area contributed by atoms with Gasteiger partial charge in [0.1, 0.15) is 24.2 Å². The van der Waals surface area contributed by atoms with Gasteiger partial charge in [-0.2, -0.15) is 0 Å². The zero-order valence-corrected chi connectivity index (χ0v) is 22.5. The van der Waals surface area contributed by atoms with E-state index in [1.807, 2.05) is 24.3 Å². The van der Waals surface area contributed by atoms with Gasteiger partial charge in [0.15, 0.2) is 0 Å². The van der Waals surface area contributed by atoms with Crippen molar-refractivity contribution >= 4 is 23.6 Å². The Morgan fingerprint density at radius 2 is 1.54 bits per heavy atom. The maximum atomic E-state index is 13.3. The number of carbonyl (C=O) groups is 4. The topological polar surface area (TPSA) is 96.0 Å². The molecule has 210 valence electrons. The van der Waals surface area contributed by atoms with Crippen LogP contribution in [0, 0.1) is 5.82 Å². The van der Waals surface area contributed by atoms with Crippen LogP contribution in [0.2, 0.25) is 0 Å². The first-order valence-corrected chi connectivity index (χ1v) is 13.9. The monoisotopic (exact) mass is 555 g/mol. The molecule has 3 aromatic carbocycles. The quantitative estimate of drug-likeness (QED) is 0.440. The largest absolute Gasteiger partial charge is 0.488 e. The van der Waals surface area contributed by atoms with E-state index in [-0.39, 0.29) is 42.1 Å². The number of amides is 4. The van der Waals surface area contributed by atoms with E-state index in [9.17, 15) is 23.6 Å². The smallest absolute Gasteiger partial charge is 0.266 e. The zero-order chi connectivity index (χ0) is 28.5. The van der Waals surface area contributed by atoms with Crippen LogP contribution in [0.5, 0.6) is 5.75 Å². The number of imide groups is 2. The van der Waals surface area contributed by atoms with Gasteiger partial charge in [0, 0.05) is 13.0 Å². The van der Waals surface area contributed by atoms with Gasteiger partial charge in [0.05, 0.1) is 11.1 Å². The van der Waals surface area contributed by atoms with E-state index in [1.165, 1.54) is 23.3 Å². The number of benzene rings is 3. The van der Waals surface area contributed by atoms with Gasteiger partial charge in [-0.25, -0.2) is 4.39 Å². The lowest BCUT2D eigenvalue weighted by atomic mass is 9.89. The summed E-state index contributed by atoms with van der Waals surface area (Å²) in [5.41, 5.74) is 3.64. The molecule has 0 aliphatic carbocycles. The predicted molar refractivity (Wildman–Crippen MR) is 148 cm³/mol. The number of ether oxygens (including phenoxy) is 1. The summed E-state index contributed by atoms with van der Waals surface area (Å²) in [7, 11) is 0. The van der Waals surface area contributed by atoms with E-state index < -0.39 is 29.7 Å². The molecule has 1 unspecified atom stereocenters. The highest BCUT2D eigenvalue weighted by molar-refractivity contribution is 6.24. The predicted octanol–water partition coefficient (Wildman–Crippen LogP) is 4.19. The summed E-state index contributed by atoms with van der Waals surface area (Å²) in [6.45, 7) is 3.01. The highest BCUT2D eigenvalue weighted by Crippen LogP contribution is 2.34. The number of nitrogens with one attached hydrogen (secondary N) is 1. The van der Waals surface area contributed by atoms with E-state index in [0.717, 1.165) is 42.9 Å². The number of fused-ring (bicyclic) bond motifs is 1. The summed E-state index contributed by atoms with van der Waals surface area (Å²) >= 11 is 0. The molecule has 41 heavy (non-hydrogen) atoms. The Morgan fingerprint density at radius 3 is 2.24 bits per heavy atom. The Hall–Kier alpha value is -4.37. The molecule has 0 bridgehead atoms. The fraction of sp³-hybridized carbons (Fsp3) is 0.312. The van der Waals surface area contributed by atoms with Crippen molar-refractivity contribution in [3.8, 4) is 5.75 Å². The van der Waals surface area contributed by atoms with Crippen molar-refractivity contribution in [1.29, 1.82) is 0 Å². The van der Waals surface area contributed by atoms with Crippen LogP contribution in [0.1, 0.15) is 69.0 Å². The first-order chi connectivity index (χ1) is 19.9. The molecular weight excluding hydrogens is 525 g/mol. The Labute approximate surface area is 237 Å². The molecule has 1 N–H and O–H groups in total. The van der Waals surface area contributed by atoms with E-state index in [4.69, 9.17) is 4.74 Å². The number of hydrogen-bond acceptors (Lipinski definition) is 6. The summed E-state index contributed by atoms with van der Waals surface area (Å²) in [5.74, 6) is -1.66. The Balaban J connectivity index is 1.05. The molecule has 6 rings (SSSR count). The molecule has 0 aromatic heterocycles. The SMILES string of the molecule is O=C1CCC(N2C(=O)c3cccc(OCc4ccc(CN5CCC(c6ccc(F)cc6)CC5)cc4)c3C2=O)C(=O)N1. The van der Waals surface area contributed by atoms with Gasteiger partial charge < -0.3 is 4.74 Å². The van der Waals surface area contributed by atoms with Crippen molar-refractivity contribution in [3.05, 3.63) is 100 Å². The minimum atomic E-state index is -1.02. The summed E-state index contributed by atoms with van der Waals surface area (Å²) in [6.07, 6.45) is 2.25. The van der Waals surface area contributed by atoms with Crippen molar-refractivity contribution in [2.24, 2.45) is 0 Å². The molecule has 4 amide bonds. The lowest BCUT2D eigenvalue weighted by Crippen LogP contribution is -2.54. The van der Waals surface area contributed by atoms with E-state index in [1.54, 1.807) is 18.2 Å². The molecular formula is C32H30FN3O5. The number of likely N-dealkylation sites (tertiary alicyclic amines) is 1. The maximum absolute atomic E-state index is 13.3. The molecule has 3 aliphatic heterocycles. The molecule has 0 radical (unpaired) electrons. The normalized spacial score (nSPS) is 19.8. The first-order valence-electron chi connectivity index (χ1n) is 13.9. The van der Waals surface area contributed by atoms with Crippen molar-refractivity contribution in [3.63, 3.8) is 0 Å². The zero-order valence-electron chi connectivity index (χ0n) is 22.5. The molecule has 0 spiro atoms. The highest BCUT2D eigenvalue weighted by Gasteiger charge is 2.46. The summed E-state index contributed by atoms with van der Waals surface area (Å²) in [6, 6.07) is 18.8. The van der Waals surface area contributed by atoms with Gasteiger partial charge in [0.2, 0.25) is 11.8 Å². The third-order valence-corrected chi connectivity index (χ3v) is 8.18. The number of carbonyl (C=O) groups excluding carboxylic acids is 4. The standard InChI is InChI=1S/C32H30FN3O5/c33-24-10-8-22(9-11-24)23-14-16-35(17-15-23)18-20-4-6-21(7-5-20)19-41-27-3-1-2-25-29(27)32(40)36(31(25)39)26-12-13-28(37)34-30(26)38/h1-11,23,26H,12-19H2,(H,34,37,38). The van der Waals surface area contributed by atoms with Gasteiger partial charge in [0.25, 0.3) is 11.8 Å². The highest BCUT2D eigenvalue weighted by atomic mass is 19.1. The molecule has 1 atom stereocenters. The van der Waals surface area contributed by atoms with Crippen LogP contribution in [-0.4, -0.2) is 52.6 Å². The molecule has 3 heterocycles. The molecule has 3 aromatic rings. The third kappa shape index (κ3) is 5.50. The lowest BCUT2D eigenvalue weighted by molar-refractivity contribution is -0.136. The minimum Gasteiger partial charge on any atom is -0.488 e.